The lowest BCUT2D eigenvalue weighted by Gasteiger charge is -2.09. The Labute approximate surface area is 424 Å². The fourth-order valence-corrected chi connectivity index (χ4v) is 4.95. The molecule has 0 aliphatic rings. The Balaban J connectivity index is 3.07. The SMILES string of the molecule is COCCOCCOCCOCCOCCOCCOCCOCCOCCOCCOCCOCCOCCOCCOCCOCCOCCOCCOCCOCCOCCOCCOCCN. The highest BCUT2D eigenvalue weighted by Gasteiger charge is 2.00. The molecular formula is C47H97NO23. The molecule has 0 bridgehead atoms. The Morgan fingerprint density at radius 2 is 0.225 bits per heavy atom. The summed E-state index contributed by atoms with van der Waals surface area (Å²) in [4.78, 5) is 0. The van der Waals surface area contributed by atoms with E-state index in [-0.39, 0.29) is 0 Å². The van der Waals surface area contributed by atoms with Gasteiger partial charge in [0.15, 0.2) is 0 Å². The molecule has 0 saturated heterocycles. The van der Waals surface area contributed by atoms with Gasteiger partial charge in [-0.3, -0.25) is 0 Å². The molecule has 0 amide bonds. The van der Waals surface area contributed by atoms with Crippen LogP contribution in [-0.2, 0) is 109 Å². The van der Waals surface area contributed by atoms with Gasteiger partial charge in [-0.05, 0) is 0 Å². The van der Waals surface area contributed by atoms with E-state index in [0.717, 1.165) is 0 Å². The molecular weight excluding hydrogens is 947 g/mol. The summed E-state index contributed by atoms with van der Waals surface area (Å²) in [6, 6.07) is 0. The van der Waals surface area contributed by atoms with Gasteiger partial charge < -0.3 is 115 Å². The number of hydrogen-bond acceptors (Lipinski definition) is 24. The highest BCUT2D eigenvalue weighted by Crippen LogP contribution is 1.90. The van der Waals surface area contributed by atoms with Crippen molar-refractivity contribution in [2.24, 2.45) is 5.73 Å². The molecule has 0 radical (unpaired) electrons. The predicted molar refractivity (Wildman–Crippen MR) is 259 cm³/mol. The molecule has 71 heavy (non-hydrogen) atoms. The summed E-state index contributed by atoms with van der Waals surface area (Å²) in [5, 5.41) is 0. The highest BCUT2D eigenvalue weighted by atomic mass is 16.6. The van der Waals surface area contributed by atoms with Crippen molar-refractivity contribution in [3.63, 3.8) is 0 Å². The molecule has 0 saturated carbocycles. The molecule has 0 aliphatic heterocycles. The Kier molecular flexibility index (Phi) is 68.1. The van der Waals surface area contributed by atoms with Gasteiger partial charge in [0, 0.05) is 13.7 Å². The first-order valence-corrected chi connectivity index (χ1v) is 25.3. The van der Waals surface area contributed by atoms with Crippen LogP contribution in [0.3, 0.4) is 0 Å². The van der Waals surface area contributed by atoms with Crippen molar-refractivity contribution in [3.8, 4) is 0 Å². The molecule has 0 aromatic rings. The second kappa shape index (κ2) is 69.0. The van der Waals surface area contributed by atoms with Crippen LogP contribution in [0.25, 0.3) is 0 Å². The van der Waals surface area contributed by atoms with E-state index in [1.54, 1.807) is 7.11 Å². The number of rotatable bonds is 68. The Hall–Kier alpha value is -0.960. The van der Waals surface area contributed by atoms with Crippen molar-refractivity contribution < 1.29 is 109 Å². The molecule has 0 aromatic carbocycles. The number of ether oxygens (including phenoxy) is 23. The average molecular weight is 1040 g/mol. The fraction of sp³-hybridized carbons (Fsp3) is 1.00. The van der Waals surface area contributed by atoms with Gasteiger partial charge in [-0.25, -0.2) is 0 Å². The maximum absolute atomic E-state index is 5.52. The van der Waals surface area contributed by atoms with Crippen LogP contribution in [0.2, 0.25) is 0 Å². The van der Waals surface area contributed by atoms with Gasteiger partial charge in [-0.2, -0.15) is 0 Å². The van der Waals surface area contributed by atoms with Gasteiger partial charge in [-0.15, -0.1) is 0 Å². The van der Waals surface area contributed by atoms with Crippen LogP contribution in [0.4, 0.5) is 0 Å². The normalized spacial score (nSPS) is 11.7. The van der Waals surface area contributed by atoms with Crippen LogP contribution < -0.4 is 5.73 Å². The minimum Gasteiger partial charge on any atom is -0.382 e. The van der Waals surface area contributed by atoms with Crippen LogP contribution in [0.1, 0.15) is 0 Å². The Morgan fingerprint density at radius 1 is 0.141 bits per heavy atom. The fourth-order valence-electron chi connectivity index (χ4n) is 4.95. The van der Waals surface area contributed by atoms with Crippen molar-refractivity contribution in [2.45, 2.75) is 0 Å². The third-order valence-electron chi connectivity index (χ3n) is 8.51. The lowest BCUT2D eigenvalue weighted by atomic mass is 10.6. The minimum absolute atomic E-state index is 0.489. The zero-order valence-electron chi connectivity index (χ0n) is 43.5. The number of hydrogen-bond donors (Lipinski definition) is 1. The van der Waals surface area contributed by atoms with Gasteiger partial charge in [-0.1, -0.05) is 0 Å². The maximum atomic E-state index is 5.52. The van der Waals surface area contributed by atoms with Gasteiger partial charge >= 0.3 is 0 Å². The molecule has 0 unspecified atom stereocenters. The molecule has 0 rings (SSSR count). The lowest BCUT2D eigenvalue weighted by Crippen LogP contribution is -2.16. The second-order valence-electron chi connectivity index (χ2n) is 14.3. The van der Waals surface area contributed by atoms with Gasteiger partial charge in [0.25, 0.3) is 0 Å². The van der Waals surface area contributed by atoms with E-state index in [4.69, 9.17) is 115 Å². The summed E-state index contributed by atoms with van der Waals surface area (Å²) in [7, 11) is 1.64. The van der Waals surface area contributed by atoms with Crippen LogP contribution >= 0.6 is 0 Å². The first-order chi connectivity index (χ1) is 35.4. The quantitative estimate of drug-likeness (QED) is 0.0787. The van der Waals surface area contributed by atoms with Crippen molar-refractivity contribution >= 4 is 0 Å². The summed E-state index contributed by atoms with van der Waals surface area (Å²) < 4.78 is 125. The summed E-state index contributed by atoms with van der Waals surface area (Å²) >= 11 is 0. The third-order valence-corrected chi connectivity index (χ3v) is 8.51. The summed E-state index contributed by atoms with van der Waals surface area (Å²) in [6.45, 7) is 23.4. The van der Waals surface area contributed by atoms with Crippen LogP contribution in [0, 0.1) is 0 Å². The van der Waals surface area contributed by atoms with Crippen molar-refractivity contribution in [3.05, 3.63) is 0 Å². The maximum Gasteiger partial charge on any atom is 0.0701 e. The molecule has 0 aromatic heterocycles. The van der Waals surface area contributed by atoms with Gasteiger partial charge in [0.2, 0.25) is 0 Å². The highest BCUT2D eigenvalue weighted by molar-refractivity contribution is 4.42. The minimum atomic E-state index is 0.489. The second-order valence-corrected chi connectivity index (χ2v) is 14.3. The summed E-state index contributed by atoms with van der Waals surface area (Å²) in [6.07, 6.45) is 0. The van der Waals surface area contributed by atoms with Crippen molar-refractivity contribution in [1.82, 2.24) is 0 Å². The average Bonchev–Trinajstić information content (AvgIpc) is 3.38. The molecule has 0 aliphatic carbocycles. The van der Waals surface area contributed by atoms with Gasteiger partial charge in [0.1, 0.15) is 0 Å². The van der Waals surface area contributed by atoms with E-state index < -0.39 is 0 Å². The molecule has 24 heteroatoms. The van der Waals surface area contributed by atoms with E-state index in [2.05, 4.69) is 0 Å². The standard InChI is InChI=1S/C47H97NO23/c1-49-4-5-51-8-9-53-12-13-55-16-17-57-20-21-59-24-25-61-28-29-63-32-33-65-36-37-67-40-41-69-44-45-71-47-46-70-43-42-68-39-38-66-35-34-64-31-30-62-27-26-60-23-22-58-19-18-56-15-14-54-11-10-52-7-6-50-3-2-48/h2-48H2,1H3. The number of nitrogens with two attached hydrogens (primary N) is 1. The third kappa shape index (κ3) is 69.0. The van der Waals surface area contributed by atoms with E-state index in [9.17, 15) is 0 Å². The molecule has 0 spiro atoms. The molecule has 2 N–H and O–H groups in total. The van der Waals surface area contributed by atoms with Crippen LogP contribution in [-0.4, -0.2) is 311 Å². The van der Waals surface area contributed by atoms with Crippen LogP contribution in [0.5, 0.6) is 0 Å². The monoisotopic (exact) mass is 1040 g/mol. The molecule has 0 fully saturated rings. The van der Waals surface area contributed by atoms with E-state index in [0.29, 0.717) is 304 Å². The lowest BCUT2D eigenvalue weighted by molar-refractivity contribution is -0.0318. The van der Waals surface area contributed by atoms with E-state index in [1.807, 2.05) is 0 Å². The van der Waals surface area contributed by atoms with Crippen molar-refractivity contribution in [2.75, 3.05) is 311 Å². The molecule has 428 valence electrons. The topological polar surface area (TPSA) is 238 Å². The molecule has 0 atom stereocenters. The molecule has 0 heterocycles. The number of methoxy groups -OCH3 is 1. The summed E-state index contributed by atoms with van der Waals surface area (Å²) in [5.74, 6) is 0. The first kappa shape index (κ1) is 70.0. The first-order valence-electron chi connectivity index (χ1n) is 25.3. The van der Waals surface area contributed by atoms with Crippen LogP contribution in [0.15, 0.2) is 0 Å². The van der Waals surface area contributed by atoms with E-state index in [1.165, 1.54) is 0 Å². The summed E-state index contributed by atoms with van der Waals surface area (Å²) in [5.41, 5.74) is 5.34. The zero-order chi connectivity index (χ0) is 50.8. The predicted octanol–water partition coefficient (Wildman–Crippen LogP) is -0.0433. The Bertz CT molecular complexity index is 847. The van der Waals surface area contributed by atoms with Crippen molar-refractivity contribution in [1.29, 1.82) is 0 Å². The largest absolute Gasteiger partial charge is 0.382 e. The Morgan fingerprint density at radius 3 is 0.310 bits per heavy atom. The smallest absolute Gasteiger partial charge is 0.0701 e. The van der Waals surface area contributed by atoms with Gasteiger partial charge in [0.05, 0.1) is 297 Å². The molecule has 24 nitrogen and oxygen atoms in total. The zero-order valence-corrected chi connectivity index (χ0v) is 43.5. The van der Waals surface area contributed by atoms with E-state index >= 15 is 0 Å².